The molecule has 0 saturated carbocycles. The summed E-state index contributed by atoms with van der Waals surface area (Å²) in [6, 6.07) is 10.8. The van der Waals surface area contributed by atoms with Gasteiger partial charge in [-0.15, -0.1) is 0 Å². The van der Waals surface area contributed by atoms with Crippen LogP contribution in [0.4, 0.5) is 0 Å². The Morgan fingerprint density at radius 2 is 2.00 bits per heavy atom. The predicted octanol–water partition coefficient (Wildman–Crippen LogP) is 4.49. The summed E-state index contributed by atoms with van der Waals surface area (Å²) in [6.07, 6.45) is 0. The molecule has 90 valence electrons. The van der Waals surface area contributed by atoms with E-state index in [1.165, 1.54) is 0 Å². The lowest BCUT2D eigenvalue weighted by molar-refractivity contribution is 0.660. The lowest BCUT2D eigenvalue weighted by atomic mass is 10.1. The van der Waals surface area contributed by atoms with E-state index in [9.17, 15) is 4.79 Å². The van der Waals surface area contributed by atoms with Crippen LogP contribution in [0, 0.1) is 0 Å². The minimum Gasteiger partial charge on any atom is -0.454 e. The molecule has 0 unspecified atom stereocenters. The van der Waals surface area contributed by atoms with Gasteiger partial charge in [-0.25, -0.2) is 0 Å². The van der Waals surface area contributed by atoms with Crippen LogP contribution in [-0.2, 0) is 5.33 Å². The van der Waals surface area contributed by atoms with Gasteiger partial charge in [0.05, 0.1) is 15.8 Å². The fraction of sp³-hybridized carbons (Fsp3) is 0.0714. The third-order valence-electron chi connectivity index (χ3n) is 2.87. The van der Waals surface area contributed by atoms with Crippen LogP contribution in [0.2, 0.25) is 5.02 Å². The highest BCUT2D eigenvalue weighted by molar-refractivity contribution is 9.08. The van der Waals surface area contributed by atoms with Crippen LogP contribution in [0.3, 0.4) is 0 Å². The van der Waals surface area contributed by atoms with Crippen LogP contribution >= 0.6 is 27.5 Å². The second kappa shape index (κ2) is 4.41. The maximum absolute atomic E-state index is 12.4. The number of hydrogen-bond acceptors (Lipinski definition) is 2. The van der Waals surface area contributed by atoms with E-state index in [-0.39, 0.29) is 5.43 Å². The highest BCUT2D eigenvalue weighted by Gasteiger charge is 2.10. The topological polar surface area (TPSA) is 30.2 Å². The standard InChI is InChI=1S/C14H8BrClO2/c15-7-8-4-5-12-10(6-8)13(17)9-2-1-3-11(16)14(9)18-12/h1-6H,7H2. The molecule has 0 bridgehead atoms. The molecule has 2 nitrogen and oxygen atoms in total. The van der Waals surface area contributed by atoms with Gasteiger partial charge in [0.2, 0.25) is 5.43 Å². The van der Waals surface area contributed by atoms with E-state index in [0.29, 0.717) is 32.3 Å². The number of alkyl halides is 1. The van der Waals surface area contributed by atoms with E-state index in [0.717, 1.165) is 5.56 Å². The van der Waals surface area contributed by atoms with Crippen LogP contribution in [0.5, 0.6) is 0 Å². The molecule has 0 amide bonds. The zero-order valence-corrected chi connectivity index (χ0v) is 11.6. The Hall–Kier alpha value is -1.32. The molecule has 0 spiro atoms. The van der Waals surface area contributed by atoms with Gasteiger partial charge >= 0.3 is 0 Å². The average Bonchev–Trinajstić information content (AvgIpc) is 2.40. The van der Waals surface area contributed by atoms with Crippen LogP contribution in [0.1, 0.15) is 5.56 Å². The van der Waals surface area contributed by atoms with Crippen molar-refractivity contribution in [1.82, 2.24) is 0 Å². The monoisotopic (exact) mass is 322 g/mol. The van der Waals surface area contributed by atoms with Crippen molar-refractivity contribution in [3.05, 3.63) is 57.2 Å². The first-order valence-corrected chi connectivity index (χ1v) is 6.90. The van der Waals surface area contributed by atoms with Crippen LogP contribution in [0.15, 0.2) is 45.6 Å². The smallest absolute Gasteiger partial charge is 0.200 e. The highest BCUT2D eigenvalue weighted by Crippen LogP contribution is 2.25. The molecular weight excluding hydrogens is 316 g/mol. The van der Waals surface area contributed by atoms with E-state index in [4.69, 9.17) is 16.0 Å². The fourth-order valence-electron chi connectivity index (χ4n) is 1.97. The van der Waals surface area contributed by atoms with Gasteiger partial charge < -0.3 is 4.42 Å². The van der Waals surface area contributed by atoms with E-state index in [2.05, 4.69) is 15.9 Å². The fourth-order valence-corrected chi connectivity index (χ4v) is 2.54. The largest absolute Gasteiger partial charge is 0.454 e. The van der Waals surface area contributed by atoms with Crippen LogP contribution in [0.25, 0.3) is 21.9 Å². The first-order valence-electron chi connectivity index (χ1n) is 5.40. The van der Waals surface area contributed by atoms with Crippen LogP contribution < -0.4 is 5.43 Å². The Morgan fingerprint density at radius 1 is 1.17 bits per heavy atom. The van der Waals surface area contributed by atoms with Crippen molar-refractivity contribution < 1.29 is 4.42 Å². The molecule has 0 atom stereocenters. The summed E-state index contributed by atoms with van der Waals surface area (Å²) in [5, 5.41) is 2.26. The lowest BCUT2D eigenvalue weighted by Gasteiger charge is -2.03. The third-order valence-corrected chi connectivity index (χ3v) is 3.81. The van der Waals surface area contributed by atoms with Gasteiger partial charge in [-0.2, -0.15) is 0 Å². The Labute approximate surface area is 116 Å². The minimum absolute atomic E-state index is 0.0449. The van der Waals surface area contributed by atoms with Gasteiger partial charge in [0.1, 0.15) is 5.58 Å². The van der Waals surface area contributed by atoms with Gasteiger partial charge in [0, 0.05) is 5.33 Å². The molecule has 0 fully saturated rings. The molecule has 0 aliphatic rings. The molecule has 3 rings (SSSR count). The van der Waals surface area contributed by atoms with Crippen molar-refractivity contribution in [1.29, 1.82) is 0 Å². The summed E-state index contributed by atoms with van der Waals surface area (Å²) >= 11 is 9.42. The second-order valence-corrected chi connectivity index (χ2v) is 4.98. The van der Waals surface area contributed by atoms with Crippen LogP contribution in [-0.4, -0.2) is 0 Å². The summed E-state index contributed by atoms with van der Waals surface area (Å²) in [4.78, 5) is 12.4. The Morgan fingerprint density at radius 3 is 2.78 bits per heavy atom. The highest BCUT2D eigenvalue weighted by atomic mass is 79.9. The third kappa shape index (κ3) is 1.74. The molecule has 1 heterocycles. The number of benzene rings is 2. The molecule has 0 saturated heterocycles. The van der Waals surface area contributed by atoms with E-state index >= 15 is 0 Å². The number of para-hydroxylation sites is 1. The maximum Gasteiger partial charge on any atom is 0.200 e. The number of halogens is 2. The van der Waals surface area contributed by atoms with E-state index in [1.807, 2.05) is 12.1 Å². The molecule has 0 aliphatic heterocycles. The summed E-state index contributed by atoms with van der Waals surface area (Å²) < 4.78 is 5.71. The normalized spacial score (nSPS) is 11.2. The molecule has 3 aromatic rings. The Bertz CT molecular complexity index is 808. The lowest BCUT2D eigenvalue weighted by Crippen LogP contribution is -2.02. The molecular formula is C14H8BrClO2. The minimum atomic E-state index is -0.0449. The van der Waals surface area contributed by atoms with Crippen molar-refractivity contribution >= 4 is 49.5 Å². The molecule has 18 heavy (non-hydrogen) atoms. The zero-order chi connectivity index (χ0) is 12.7. The quantitative estimate of drug-likeness (QED) is 0.488. The van der Waals surface area contributed by atoms with Crippen molar-refractivity contribution in [3.8, 4) is 0 Å². The molecule has 0 aliphatic carbocycles. The second-order valence-electron chi connectivity index (χ2n) is 4.01. The molecule has 0 radical (unpaired) electrons. The van der Waals surface area contributed by atoms with Crippen molar-refractivity contribution in [2.45, 2.75) is 5.33 Å². The molecule has 1 aromatic heterocycles. The van der Waals surface area contributed by atoms with Crippen molar-refractivity contribution in [3.63, 3.8) is 0 Å². The Kier molecular flexibility index (Phi) is 2.88. The molecule has 4 heteroatoms. The van der Waals surface area contributed by atoms with Gasteiger partial charge in [0.15, 0.2) is 5.58 Å². The zero-order valence-electron chi connectivity index (χ0n) is 9.24. The first-order chi connectivity index (χ1) is 8.70. The summed E-state index contributed by atoms with van der Waals surface area (Å²) in [5.74, 6) is 0. The van der Waals surface area contributed by atoms with E-state index in [1.54, 1.807) is 24.3 Å². The van der Waals surface area contributed by atoms with Gasteiger partial charge in [-0.05, 0) is 29.8 Å². The van der Waals surface area contributed by atoms with Gasteiger partial charge in [0.25, 0.3) is 0 Å². The average molecular weight is 324 g/mol. The number of fused-ring (bicyclic) bond motifs is 2. The summed E-state index contributed by atoms with van der Waals surface area (Å²) in [6.45, 7) is 0. The maximum atomic E-state index is 12.4. The number of hydrogen-bond donors (Lipinski definition) is 0. The van der Waals surface area contributed by atoms with E-state index < -0.39 is 0 Å². The number of rotatable bonds is 1. The van der Waals surface area contributed by atoms with Gasteiger partial charge in [-0.1, -0.05) is 39.7 Å². The first kappa shape index (κ1) is 11.8. The SMILES string of the molecule is O=c1c2cc(CBr)ccc2oc2c(Cl)cccc12. The van der Waals surface area contributed by atoms with Crippen molar-refractivity contribution in [2.75, 3.05) is 0 Å². The Balaban J connectivity index is 2.53. The molecule has 2 aromatic carbocycles. The summed E-state index contributed by atoms with van der Waals surface area (Å²) in [7, 11) is 0. The molecule has 0 N–H and O–H groups in total. The summed E-state index contributed by atoms with van der Waals surface area (Å²) in [5.41, 5.74) is 2.00. The van der Waals surface area contributed by atoms with Gasteiger partial charge in [-0.3, -0.25) is 4.79 Å². The van der Waals surface area contributed by atoms with Crippen molar-refractivity contribution in [2.24, 2.45) is 0 Å². The predicted molar refractivity (Wildman–Crippen MR) is 77.6 cm³/mol.